The van der Waals surface area contributed by atoms with Gasteiger partial charge in [-0.3, -0.25) is 4.79 Å². The number of carbonyl (C=O) groups is 1. The van der Waals surface area contributed by atoms with Crippen LogP contribution in [0.25, 0.3) is 11.4 Å². The molecule has 0 aliphatic rings. The van der Waals surface area contributed by atoms with Gasteiger partial charge < -0.3 is 9.84 Å². The molecule has 0 saturated carbocycles. The highest BCUT2D eigenvalue weighted by molar-refractivity contribution is 7.99. The van der Waals surface area contributed by atoms with Gasteiger partial charge in [-0.15, -0.1) is 0 Å². The first-order valence-corrected chi connectivity index (χ1v) is 8.92. The summed E-state index contributed by atoms with van der Waals surface area (Å²) < 4.78 is 5.19. The molecule has 6 heteroatoms. The van der Waals surface area contributed by atoms with Gasteiger partial charge in [0.15, 0.2) is 0 Å². The highest BCUT2D eigenvalue weighted by Gasteiger charge is 2.11. The average Bonchev–Trinajstić information content (AvgIpc) is 3.02. The highest BCUT2D eigenvalue weighted by atomic mass is 32.2. The van der Waals surface area contributed by atoms with Crippen molar-refractivity contribution in [2.75, 3.05) is 12.3 Å². The molecule has 1 aromatic carbocycles. The van der Waals surface area contributed by atoms with Crippen LogP contribution in [0.1, 0.15) is 45.1 Å². The molecule has 1 heterocycles. The molecule has 1 aromatic heterocycles. The van der Waals surface area contributed by atoms with Crippen molar-refractivity contribution >= 4 is 17.7 Å². The van der Waals surface area contributed by atoms with Gasteiger partial charge in [-0.2, -0.15) is 4.98 Å². The second-order valence-corrected chi connectivity index (χ2v) is 6.58. The molecule has 0 radical (unpaired) electrons. The maximum absolute atomic E-state index is 11.6. The summed E-state index contributed by atoms with van der Waals surface area (Å²) in [6, 6.07) is 8.13. The highest BCUT2D eigenvalue weighted by Crippen LogP contribution is 2.23. The SMILES string of the molecule is CCCCNC(=O)CSc1nc(-c2ccc(C(C)C)cc2)no1. The third-order valence-electron chi connectivity index (χ3n) is 3.42. The number of hydrogen-bond acceptors (Lipinski definition) is 5. The lowest BCUT2D eigenvalue weighted by Gasteiger charge is -2.04. The van der Waals surface area contributed by atoms with Crippen molar-refractivity contribution in [1.29, 1.82) is 0 Å². The number of thioether (sulfide) groups is 1. The van der Waals surface area contributed by atoms with E-state index in [0.29, 0.717) is 23.5 Å². The summed E-state index contributed by atoms with van der Waals surface area (Å²) in [4.78, 5) is 16.0. The van der Waals surface area contributed by atoms with E-state index in [4.69, 9.17) is 4.52 Å². The topological polar surface area (TPSA) is 68.0 Å². The fourth-order valence-corrected chi connectivity index (χ4v) is 2.58. The van der Waals surface area contributed by atoms with Gasteiger partial charge in [0.2, 0.25) is 11.7 Å². The van der Waals surface area contributed by atoms with E-state index in [1.165, 1.54) is 17.3 Å². The maximum atomic E-state index is 11.6. The minimum Gasteiger partial charge on any atom is -0.355 e. The minimum atomic E-state index is -0.00973. The molecule has 0 spiro atoms. The van der Waals surface area contributed by atoms with E-state index in [2.05, 4.69) is 48.4 Å². The Balaban J connectivity index is 1.89. The lowest BCUT2D eigenvalue weighted by Crippen LogP contribution is -2.25. The Bertz CT molecular complexity index is 623. The molecular formula is C17H23N3O2S. The van der Waals surface area contributed by atoms with Crippen molar-refractivity contribution in [2.45, 2.75) is 44.8 Å². The molecule has 5 nitrogen and oxygen atoms in total. The number of nitrogens with one attached hydrogen (secondary N) is 1. The Morgan fingerprint density at radius 3 is 2.70 bits per heavy atom. The van der Waals surface area contributed by atoms with Gasteiger partial charge in [0.05, 0.1) is 5.75 Å². The van der Waals surface area contributed by atoms with E-state index >= 15 is 0 Å². The molecule has 0 aliphatic carbocycles. The van der Waals surface area contributed by atoms with Gasteiger partial charge in [-0.25, -0.2) is 0 Å². The Labute approximate surface area is 141 Å². The van der Waals surface area contributed by atoms with Crippen LogP contribution in [0.3, 0.4) is 0 Å². The first-order valence-electron chi connectivity index (χ1n) is 7.93. The smallest absolute Gasteiger partial charge is 0.286 e. The van der Waals surface area contributed by atoms with E-state index in [0.717, 1.165) is 18.4 Å². The molecule has 2 rings (SSSR count). The Kier molecular flexibility index (Phi) is 6.65. The summed E-state index contributed by atoms with van der Waals surface area (Å²) >= 11 is 1.26. The molecule has 0 atom stereocenters. The number of rotatable bonds is 8. The van der Waals surface area contributed by atoms with Crippen molar-refractivity contribution in [1.82, 2.24) is 15.5 Å². The van der Waals surface area contributed by atoms with Crippen LogP contribution in [0, 0.1) is 0 Å². The molecule has 2 aromatic rings. The number of carbonyl (C=O) groups excluding carboxylic acids is 1. The van der Waals surface area contributed by atoms with E-state index in [1.807, 2.05) is 12.1 Å². The monoisotopic (exact) mass is 333 g/mol. The molecule has 0 fully saturated rings. The number of nitrogens with zero attached hydrogens (tertiary/aromatic N) is 2. The van der Waals surface area contributed by atoms with Crippen LogP contribution in [-0.2, 0) is 4.79 Å². The van der Waals surface area contributed by atoms with Crippen LogP contribution in [0.2, 0.25) is 0 Å². The standard InChI is InChI=1S/C17H23N3O2S/c1-4-5-10-18-15(21)11-23-17-19-16(20-22-17)14-8-6-13(7-9-14)12(2)3/h6-9,12H,4-5,10-11H2,1-3H3,(H,18,21). The number of aromatic nitrogens is 2. The molecule has 0 aliphatic heterocycles. The van der Waals surface area contributed by atoms with Gasteiger partial charge in [0.25, 0.3) is 5.22 Å². The summed E-state index contributed by atoms with van der Waals surface area (Å²) in [6.45, 7) is 7.12. The van der Waals surface area contributed by atoms with E-state index in [9.17, 15) is 4.79 Å². The zero-order chi connectivity index (χ0) is 16.7. The second kappa shape index (κ2) is 8.72. The molecule has 0 bridgehead atoms. The lowest BCUT2D eigenvalue weighted by molar-refractivity contribution is -0.118. The van der Waals surface area contributed by atoms with Gasteiger partial charge in [-0.1, -0.05) is 68.4 Å². The van der Waals surface area contributed by atoms with Gasteiger partial charge in [-0.05, 0) is 17.9 Å². The van der Waals surface area contributed by atoms with Gasteiger partial charge in [0, 0.05) is 12.1 Å². The van der Waals surface area contributed by atoms with E-state index < -0.39 is 0 Å². The first-order chi connectivity index (χ1) is 11.1. The molecular weight excluding hydrogens is 310 g/mol. The van der Waals surface area contributed by atoms with Crippen LogP contribution in [0.5, 0.6) is 0 Å². The fourth-order valence-electron chi connectivity index (χ4n) is 1.99. The van der Waals surface area contributed by atoms with Crippen LogP contribution < -0.4 is 5.32 Å². The van der Waals surface area contributed by atoms with Crippen LogP contribution >= 0.6 is 11.8 Å². The van der Waals surface area contributed by atoms with E-state index in [-0.39, 0.29) is 11.7 Å². The molecule has 23 heavy (non-hydrogen) atoms. The number of unbranched alkanes of at least 4 members (excludes halogenated alkanes) is 1. The third kappa shape index (κ3) is 5.39. The summed E-state index contributed by atoms with van der Waals surface area (Å²) in [7, 11) is 0. The van der Waals surface area contributed by atoms with Gasteiger partial charge in [0.1, 0.15) is 0 Å². The van der Waals surface area contributed by atoms with Crippen LogP contribution in [0.15, 0.2) is 34.0 Å². The Morgan fingerprint density at radius 1 is 1.30 bits per heavy atom. The summed E-state index contributed by atoms with van der Waals surface area (Å²) in [6.07, 6.45) is 2.06. The average molecular weight is 333 g/mol. The maximum Gasteiger partial charge on any atom is 0.286 e. The minimum absolute atomic E-state index is 0.00973. The summed E-state index contributed by atoms with van der Waals surface area (Å²) in [5, 5.41) is 7.25. The van der Waals surface area contributed by atoms with Crippen LogP contribution in [-0.4, -0.2) is 28.3 Å². The number of hydrogen-bond donors (Lipinski definition) is 1. The van der Waals surface area contributed by atoms with Crippen molar-refractivity contribution in [3.8, 4) is 11.4 Å². The molecule has 0 unspecified atom stereocenters. The first kappa shape index (κ1) is 17.5. The molecule has 1 N–H and O–H groups in total. The predicted molar refractivity (Wildman–Crippen MR) is 92.5 cm³/mol. The van der Waals surface area contributed by atoms with Crippen molar-refractivity contribution in [3.05, 3.63) is 29.8 Å². The Hall–Kier alpha value is -1.82. The summed E-state index contributed by atoms with van der Waals surface area (Å²) in [5.74, 6) is 1.32. The lowest BCUT2D eigenvalue weighted by atomic mass is 10.0. The number of benzene rings is 1. The van der Waals surface area contributed by atoms with Gasteiger partial charge >= 0.3 is 0 Å². The molecule has 124 valence electrons. The quantitative estimate of drug-likeness (QED) is 0.587. The zero-order valence-electron chi connectivity index (χ0n) is 13.8. The summed E-state index contributed by atoms with van der Waals surface area (Å²) in [5.41, 5.74) is 2.19. The van der Waals surface area contributed by atoms with Crippen LogP contribution in [0.4, 0.5) is 0 Å². The van der Waals surface area contributed by atoms with E-state index in [1.54, 1.807) is 0 Å². The zero-order valence-corrected chi connectivity index (χ0v) is 14.7. The largest absolute Gasteiger partial charge is 0.355 e. The molecule has 1 amide bonds. The predicted octanol–water partition coefficient (Wildman–Crippen LogP) is 3.87. The Morgan fingerprint density at radius 2 is 2.04 bits per heavy atom. The third-order valence-corrected chi connectivity index (χ3v) is 4.24. The van der Waals surface area contributed by atoms with Crippen molar-refractivity contribution < 1.29 is 9.32 Å². The fraction of sp³-hybridized carbons (Fsp3) is 0.471. The molecule has 0 saturated heterocycles. The second-order valence-electron chi connectivity index (χ2n) is 5.65. The normalized spacial score (nSPS) is 11.0. The van der Waals surface area contributed by atoms with Crippen molar-refractivity contribution in [2.24, 2.45) is 0 Å². The van der Waals surface area contributed by atoms with Crippen molar-refractivity contribution in [3.63, 3.8) is 0 Å². The number of amides is 1.